The molecule has 0 aromatic rings. The Kier molecular flexibility index (Phi) is 4.82. The first kappa shape index (κ1) is 15.8. The molecule has 0 radical (unpaired) electrons. The zero-order valence-electron chi connectivity index (χ0n) is 12.6. The van der Waals surface area contributed by atoms with Crippen LogP contribution in [0.25, 0.3) is 0 Å². The zero-order valence-corrected chi connectivity index (χ0v) is 12.6. The molecule has 1 N–H and O–H groups in total. The summed E-state index contributed by atoms with van der Waals surface area (Å²) in [6, 6.07) is -0.186. The maximum Gasteiger partial charge on any atom is 0.329 e. The van der Waals surface area contributed by atoms with Gasteiger partial charge in [0.2, 0.25) is 0 Å². The fraction of sp³-hybridized carbons (Fsp3) is 0.857. The van der Waals surface area contributed by atoms with Crippen molar-refractivity contribution in [2.45, 2.75) is 46.1 Å². The Morgan fingerprint density at radius 3 is 2.11 bits per heavy atom. The molecule has 1 rings (SSSR count). The molecular formula is C14H26N2O3. The highest BCUT2D eigenvalue weighted by Gasteiger charge is 2.38. The number of hydrogen-bond acceptors (Lipinski definition) is 2. The fourth-order valence-corrected chi connectivity index (χ4v) is 2.35. The van der Waals surface area contributed by atoms with E-state index in [1.807, 2.05) is 0 Å². The number of carboxylic acids is 1. The maximum absolute atomic E-state index is 12.3. The van der Waals surface area contributed by atoms with E-state index < -0.39 is 11.5 Å². The van der Waals surface area contributed by atoms with Gasteiger partial charge in [0.05, 0.1) is 0 Å². The molecule has 5 heteroatoms. The summed E-state index contributed by atoms with van der Waals surface area (Å²) in [7, 11) is 1.56. The number of amides is 2. The third kappa shape index (κ3) is 3.39. The van der Waals surface area contributed by atoms with Crippen molar-refractivity contribution >= 4 is 12.0 Å². The summed E-state index contributed by atoms with van der Waals surface area (Å²) in [6.07, 6.45) is 2.01. The fourth-order valence-electron chi connectivity index (χ4n) is 2.35. The van der Waals surface area contributed by atoms with Gasteiger partial charge in [0.1, 0.15) is 5.54 Å². The molecule has 110 valence electrons. The summed E-state index contributed by atoms with van der Waals surface area (Å²) in [5.41, 5.74) is -1.17. The second kappa shape index (κ2) is 5.80. The summed E-state index contributed by atoms with van der Waals surface area (Å²) >= 11 is 0. The minimum absolute atomic E-state index is 0.186. The lowest BCUT2D eigenvalue weighted by Gasteiger charge is -2.39. The molecule has 5 nitrogen and oxygen atoms in total. The quantitative estimate of drug-likeness (QED) is 0.855. The Morgan fingerprint density at radius 2 is 1.74 bits per heavy atom. The van der Waals surface area contributed by atoms with E-state index in [2.05, 4.69) is 13.8 Å². The van der Waals surface area contributed by atoms with Crippen molar-refractivity contribution in [2.24, 2.45) is 11.8 Å². The van der Waals surface area contributed by atoms with Gasteiger partial charge in [-0.1, -0.05) is 13.8 Å². The average Bonchev–Trinajstić information content (AvgIpc) is 2.36. The van der Waals surface area contributed by atoms with Crippen molar-refractivity contribution in [3.63, 3.8) is 0 Å². The molecule has 1 heterocycles. The van der Waals surface area contributed by atoms with Crippen molar-refractivity contribution in [3.8, 4) is 0 Å². The summed E-state index contributed by atoms with van der Waals surface area (Å²) < 4.78 is 0. The topological polar surface area (TPSA) is 60.9 Å². The zero-order chi connectivity index (χ0) is 14.8. The number of piperidine rings is 1. The van der Waals surface area contributed by atoms with E-state index in [0.29, 0.717) is 11.8 Å². The largest absolute Gasteiger partial charge is 0.480 e. The molecule has 1 fully saturated rings. The van der Waals surface area contributed by atoms with Crippen LogP contribution < -0.4 is 0 Å². The number of carboxylic acid groups (broad SMARTS) is 1. The lowest BCUT2D eigenvalue weighted by Crippen LogP contribution is -2.56. The second-order valence-corrected chi connectivity index (χ2v) is 6.27. The number of hydrogen-bond donors (Lipinski definition) is 1. The van der Waals surface area contributed by atoms with Crippen LogP contribution in [0.2, 0.25) is 0 Å². The van der Waals surface area contributed by atoms with E-state index in [0.717, 1.165) is 25.9 Å². The van der Waals surface area contributed by atoms with Crippen LogP contribution in [0.3, 0.4) is 0 Å². The van der Waals surface area contributed by atoms with Crippen molar-refractivity contribution in [2.75, 3.05) is 20.1 Å². The van der Waals surface area contributed by atoms with Gasteiger partial charge in [0.25, 0.3) is 0 Å². The summed E-state index contributed by atoms with van der Waals surface area (Å²) in [5.74, 6) is 0.327. The molecule has 0 saturated carbocycles. The Morgan fingerprint density at radius 1 is 1.26 bits per heavy atom. The molecule has 0 aromatic heterocycles. The lowest BCUT2D eigenvalue weighted by atomic mass is 9.87. The van der Waals surface area contributed by atoms with Gasteiger partial charge in [-0.2, -0.15) is 0 Å². The Balaban J connectivity index is 2.63. The van der Waals surface area contributed by atoms with E-state index in [4.69, 9.17) is 5.11 Å². The summed E-state index contributed by atoms with van der Waals surface area (Å²) in [4.78, 5) is 26.6. The van der Waals surface area contributed by atoms with Crippen molar-refractivity contribution in [1.29, 1.82) is 0 Å². The predicted molar refractivity (Wildman–Crippen MR) is 74.0 cm³/mol. The number of aliphatic carboxylic acids is 1. The number of urea groups is 1. The van der Waals surface area contributed by atoms with E-state index >= 15 is 0 Å². The minimum atomic E-state index is -1.17. The number of carbonyl (C=O) groups excluding carboxylic acids is 1. The molecule has 0 spiro atoms. The summed E-state index contributed by atoms with van der Waals surface area (Å²) in [5, 5.41) is 9.16. The standard InChI is InChI=1S/C14H26N2O3/c1-10(2)11-6-8-16(9-7-11)13(19)15(5)14(3,4)12(17)18/h10-11H,6-9H2,1-5H3,(H,17,18). The van der Waals surface area contributed by atoms with Crippen LogP contribution in [-0.4, -0.2) is 52.6 Å². The van der Waals surface area contributed by atoms with Crippen LogP contribution in [0.4, 0.5) is 4.79 Å². The highest BCUT2D eigenvalue weighted by molar-refractivity contribution is 5.85. The number of nitrogens with zero attached hydrogens (tertiary/aromatic N) is 2. The molecule has 0 atom stereocenters. The van der Waals surface area contributed by atoms with Crippen molar-refractivity contribution < 1.29 is 14.7 Å². The third-order valence-electron chi connectivity index (χ3n) is 4.40. The predicted octanol–water partition coefficient (Wildman–Crippen LogP) is 2.27. The minimum Gasteiger partial charge on any atom is -0.480 e. The van der Waals surface area contributed by atoms with Gasteiger partial charge >= 0.3 is 12.0 Å². The average molecular weight is 270 g/mol. The SMILES string of the molecule is CC(C)C1CCN(C(=O)N(C)C(C)(C)C(=O)O)CC1. The van der Waals surface area contributed by atoms with Gasteiger partial charge < -0.3 is 14.9 Å². The first-order chi connectivity index (χ1) is 8.67. The smallest absolute Gasteiger partial charge is 0.329 e. The van der Waals surface area contributed by atoms with Crippen LogP contribution in [-0.2, 0) is 4.79 Å². The first-order valence-electron chi connectivity index (χ1n) is 6.94. The molecule has 0 unspecified atom stereocenters. The van der Waals surface area contributed by atoms with E-state index in [1.54, 1.807) is 25.8 Å². The van der Waals surface area contributed by atoms with Gasteiger partial charge in [0.15, 0.2) is 0 Å². The summed E-state index contributed by atoms with van der Waals surface area (Å²) in [6.45, 7) is 8.97. The van der Waals surface area contributed by atoms with E-state index in [-0.39, 0.29) is 6.03 Å². The lowest BCUT2D eigenvalue weighted by molar-refractivity contribution is -0.147. The van der Waals surface area contributed by atoms with Crippen LogP contribution in [0.5, 0.6) is 0 Å². The first-order valence-corrected chi connectivity index (χ1v) is 6.94. The highest BCUT2D eigenvalue weighted by atomic mass is 16.4. The Labute approximate surface area is 115 Å². The van der Waals surface area contributed by atoms with Gasteiger partial charge in [-0.15, -0.1) is 0 Å². The van der Waals surface area contributed by atoms with Gasteiger partial charge in [0, 0.05) is 20.1 Å². The number of likely N-dealkylation sites (N-methyl/N-ethyl adjacent to an activating group) is 1. The van der Waals surface area contributed by atoms with Crippen LogP contribution in [0.15, 0.2) is 0 Å². The van der Waals surface area contributed by atoms with Gasteiger partial charge in [-0.25, -0.2) is 9.59 Å². The van der Waals surface area contributed by atoms with Crippen molar-refractivity contribution in [3.05, 3.63) is 0 Å². The molecule has 2 amide bonds. The Hall–Kier alpha value is -1.26. The number of rotatable bonds is 3. The van der Waals surface area contributed by atoms with E-state index in [9.17, 15) is 9.59 Å². The normalized spacial score (nSPS) is 17.7. The van der Waals surface area contributed by atoms with Crippen LogP contribution >= 0.6 is 0 Å². The molecule has 19 heavy (non-hydrogen) atoms. The number of carbonyl (C=O) groups is 2. The van der Waals surface area contributed by atoms with Crippen LogP contribution in [0, 0.1) is 11.8 Å². The van der Waals surface area contributed by atoms with Crippen LogP contribution in [0.1, 0.15) is 40.5 Å². The maximum atomic E-state index is 12.3. The molecule has 0 aliphatic carbocycles. The molecule has 1 saturated heterocycles. The third-order valence-corrected chi connectivity index (χ3v) is 4.40. The molecule has 1 aliphatic rings. The molecule has 0 aromatic carbocycles. The van der Waals surface area contributed by atoms with Gasteiger partial charge in [-0.3, -0.25) is 0 Å². The Bertz CT molecular complexity index is 345. The number of likely N-dealkylation sites (tertiary alicyclic amines) is 1. The van der Waals surface area contributed by atoms with Crippen molar-refractivity contribution in [1.82, 2.24) is 9.80 Å². The monoisotopic (exact) mass is 270 g/mol. The molecular weight excluding hydrogens is 244 g/mol. The van der Waals surface area contributed by atoms with Gasteiger partial charge in [-0.05, 0) is 38.5 Å². The molecule has 1 aliphatic heterocycles. The second-order valence-electron chi connectivity index (χ2n) is 6.27. The van der Waals surface area contributed by atoms with E-state index in [1.165, 1.54) is 4.90 Å². The highest BCUT2D eigenvalue weighted by Crippen LogP contribution is 2.26. The molecule has 0 bridgehead atoms.